The maximum absolute atomic E-state index is 11.9. The molecular formula is C16H18N4O4. The van der Waals surface area contributed by atoms with Crippen LogP contribution >= 0.6 is 0 Å². The third-order valence-electron chi connectivity index (χ3n) is 4.35. The van der Waals surface area contributed by atoms with E-state index < -0.39 is 0 Å². The van der Waals surface area contributed by atoms with Gasteiger partial charge in [-0.05, 0) is 37.6 Å². The second-order valence-electron chi connectivity index (χ2n) is 5.82. The molecule has 1 N–H and O–H groups in total. The minimum atomic E-state index is -0.129. The maximum atomic E-state index is 11.9. The van der Waals surface area contributed by atoms with Crippen molar-refractivity contribution in [2.75, 3.05) is 20.4 Å². The number of nitrogens with one attached hydrogen (secondary N) is 1. The van der Waals surface area contributed by atoms with Crippen molar-refractivity contribution in [1.82, 2.24) is 20.4 Å². The lowest BCUT2D eigenvalue weighted by Gasteiger charge is -2.20. The number of hydrogen-bond donors (Lipinski definition) is 1. The van der Waals surface area contributed by atoms with E-state index in [1.54, 1.807) is 7.05 Å². The summed E-state index contributed by atoms with van der Waals surface area (Å²) in [7, 11) is 1.66. The van der Waals surface area contributed by atoms with Gasteiger partial charge in [0.15, 0.2) is 11.5 Å². The van der Waals surface area contributed by atoms with E-state index in [0.717, 1.165) is 24.9 Å². The molecular weight excluding hydrogens is 312 g/mol. The zero-order chi connectivity index (χ0) is 16.5. The summed E-state index contributed by atoms with van der Waals surface area (Å²) in [6.45, 7) is 1.54. The van der Waals surface area contributed by atoms with E-state index in [-0.39, 0.29) is 18.7 Å². The molecule has 0 spiro atoms. The molecule has 24 heavy (non-hydrogen) atoms. The SMILES string of the molecule is CNC(=O)C1CCCN1Cc1nc(-c2ccc3c(c2)OCO3)no1. The smallest absolute Gasteiger partial charge is 0.241 e. The number of rotatable bonds is 4. The van der Waals surface area contributed by atoms with Crippen LogP contribution in [0, 0.1) is 0 Å². The molecule has 2 aliphatic rings. The van der Waals surface area contributed by atoms with Crippen LogP contribution in [0.4, 0.5) is 0 Å². The Hall–Kier alpha value is -2.61. The minimum absolute atomic E-state index is 0.0306. The van der Waals surface area contributed by atoms with Gasteiger partial charge in [0, 0.05) is 12.6 Å². The van der Waals surface area contributed by atoms with Crippen molar-refractivity contribution in [3.8, 4) is 22.9 Å². The average Bonchev–Trinajstić information content (AvgIpc) is 3.34. The molecule has 4 rings (SSSR count). The van der Waals surface area contributed by atoms with Crippen LogP contribution in [0.15, 0.2) is 22.7 Å². The van der Waals surface area contributed by atoms with Crippen LogP contribution in [0.25, 0.3) is 11.4 Å². The van der Waals surface area contributed by atoms with Gasteiger partial charge in [-0.2, -0.15) is 4.98 Å². The highest BCUT2D eigenvalue weighted by molar-refractivity contribution is 5.81. The summed E-state index contributed by atoms with van der Waals surface area (Å²) >= 11 is 0. The van der Waals surface area contributed by atoms with Gasteiger partial charge in [0.1, 0.15) is 0 Å². The fraction of sp³-hybridized carbons (Fsp3) is 0.438. The molecule has 8 heteroatoms. The van der Waals surface area contributed by atoms with Crippen molar-refractivity contribution in [3.05, 3.63) is 24.1 Å². The summed E-state index contributed by atoms with van der Waals surface area (Å²) in [6, 6.07) is 5.40. The third-order valence-corrected chi connectivity index (χ3v) is 4.35. The first-order chi connectivity index (χ1) is 11.7. The van der Waals surface area contributed by atoms with Crippen LogP contribution in [0.5, 0.6) is 11.5 Å². The second kappa shape index (κ2) is 6.12. The third kappa shape index (κ3) is 2.69. The van der Waals surface area contributed by atoms with Gasteiger partial charge in [0.25, 0.3) is 0 Å². The van der Waals surface area contributed by atoms with E-state index in [1.165, 1.54) is 0 Å². The normalized spacial score (nSPS) is 19.6. The lowest BCUT2D eigenvalue weighted by Crippen LogP contribution is -2.41. The minimum Gasteiger partial charge on any atom is -0.454 e. The molecule has 2 aromatic rings. The highest BCUT2D eigenvalue weighted by Gasteiger charge is 2.31. The Morgan fingerprint density at radius 3 is 3.12 bits per heavy atom. The first-order valence-corrected chi connectivity index (χ1v) is 7.93. The van der Waals surface area contributed by atoms with Crippen LogP contribution in [0.1, 0.15) is 18.7 Å². The molecule has 126 valence electrons. The molecule has 1 aromatic heterocycles. The summed E-state index contributed by atoms with van der Waals surface area (Å²) in [6.07, 6.45) is 1.84. The van der Waals surface area contributed by atoms with Crippen LogP contribution < -0.4 is 14.8 Å². The van der Waals surface area contributed by atoms with E-state index in [4.69, 9.17) is 14.0 Å². The number of aromatic nitrogens is 2. The molecule has 1 aromatic carbocycles. The first-order valence-electron chi connectivity index (χ1n) is 7.93. The number of ether oxygens (including phenoxy) is 2. The van der Waals surface area contributed by atoms with E-state index in [9.17, 15) is 4.79 Å². The molecule has 0 aliphatic carbocycles. The fourth-order valence-corrected chi connectivity index (χ4v) is 3.12. The van der Waals surface area contributed by atoms with Crippen LogP contribution in [-0.2, 0) is 11.3 Å². The molecule has 1 unspecified atom stereocenters. The Bertz CT molecular complexity index is 760. The Morgan fingerprint density at radius 2 is 2.25 bits per heavy atom. The number of amides is 1. The average molecular weight is 330 g/mol. The molecule has 1 fully saturated rings. The number of likely N-dealkylation sites (N-methyl/N-ethyl adjacent to an activating group) is 1. The molecule has 0 radical (unpaired) electrons. The van der Waals surface area contributed by atoms with Crippen LogP contribution in [-0.4, -0.2) is 47.4 Å². The van der Waals surface area contributed by atoms with Gasteiger partial charge in [0.2, 0.25) is 24.4 Å². The van der Waals surface area contributed by atoms with Crippen molar-refractivity contribution in [2.45, 2.75) is 25.4 Å². The standard InChI is InChI=1S/C16H18N4O4/c1-17-16(21)11-3-2-6-20(11)8-14-18-15(19-24-14)10-4-5-12-13(7-10)23-9-22-12/h4-5,7,11H,2-3,6,8-9H2,1H3,(H,17,21). The molecule has 3 heterocycles. The van der Waals surface area contributed by atoms with E-state index in [0.29, 0.717) is 29.8 Å². The van der Waals surface area contributed by atoms with Crippen LogP contribution in [0.3, 0.4) is 0 Å². The Kier molecular flexibility index (Phi) is 3.81. The van der Waals surface area contributed by atoms with Crippen molar-refractivity contribution in [1.29, 1.82) is 0 Å². The van der Waals surface area contributed by atoms with E-state index in [1.807, 2.05) is 18.2 Å². The first kappa shape index (κ1) is 14.9. The van der Waals surface area contributed by atoms with Crippen molar-refractivity contribution in [3.63, 3.8) is 0 Å². The van der Waals surface area contributed by atoms with Gasteiger partial charge >= 0.3 is 0 Å². The van der Waals surface area contributed by atoms with Crippen LogP contribution in [0.2, 0.25) is 0 Å². The molecule has 1 saturated heterocycles. The predicted octanol–water partition coefficient (Wildman–Crippen LogP) is 1.18. The number of hydrogen-bond acceptors (Lipinski definition) is 7. The molecule has 1 atom stereocenters. The maximum Gasteiger partial charge on any atom is 0.241 e. The highest BCUT2D eigenvalue weighted by atomic mass is 16.7. The number of benzene rings is 1. The zero-order valence-electron chi connectivity index (χ0n) is 13.3. The lowest BCUT2D eigenvalue weighted by molar-refractivity contribution is -0.125. The number of carbonyl (C=O) groups is 1. The molecule has 0 saturated carbocycles. The zero-order valence-corrected chi connectivity index (χ0v) is 13.3. The number of fused-ring (bicyclic) bond motifs is 1. The van der Waals surface area contributed by atoms with Crippen molar-refractivity contribution >= 4 is 5.91 Å². The quantitative estimate of drug-likeness (QED) is 0.900. The molecule has 2 aliphatic heterocycles. The van der Waals surface area contributed by atoms with Gasteiger partial charge in [-0.15, -0.1) is 0 Å². The number of carbonyl (C=O) groups excluding carboxylic acids is 1. The topological polar surface area (TPSA) is 89.7 Å². The Morgan fingerprint density at radius 1 is 1.38 bits per heavy atom. The highest BCUT2D eigenvalue weighted by Crippen LogP contribution is 2.35. The van der Waals surface area contributed by atoms with Gasteiger partial charge in [-0.1, -0.05) is 5.16 Å². The van der Waals surface area contributed by atoms with Gasteiger partial charge in [-0.25, -0.2) is 0 Å². The van der Waals surface area contributed by atoms with E-state index >= 15 is 0 Å². The molecule has 1 amide bonds. The number of nitrogens with zero attached hydrogens (tertiary/aromatic N) is 3. The largest absolute Gasteiger partial charge is 0.454 e. The summed E-state index contributed by atoms with van der Waals surface area (Å²) in [5.74, 6) is 2.42. The fourth-order valence-electron chi connectivity index (χ4n) is 3.12. The number of likely N-dealkylation sites (tertiary alicyclic amines) is 1. The summed E-state index contributed by atoms with van der Waals surface area (Å²) in [5, 5.41) is 6.74. The van der Waals surface area contributed by atoms with Gasteiger partial charge < -0.3 is 19.3 Å². The molecule has 8 nitrogen and oxygen atoms in total. The predicted molar refractivity (Wildman–Crippen MR) is 83.4 cm³/mol. The second-order valence-corrected chi connectivity index (χ2v) is 5.82. The molecule has 0 bridgehead atoms. The Labute approximate surface area is 138 Å². The van der Waals surface area contributed by atoms with Crippen molar-refractivity contribution in [2.24, 2.45) is 0 Å². The van der Waals surface area contributed by atoms with Gasteiger partial charge in [0.05, 0.1) is 12.6 Å². The Balaban J connectivity index is 1.50. The summed E-state index contributed by atoms with van der Waals surface area (Å²) < 4.78 is 16.0. The van der Waals surface area contributed by atoms with Crippen molar-refractivity contribution < 1.29 is 18.8 Å². The summed E-state index contributed by atoms with van der Waals surface area (Å²) in [5.41, 5.74) is 0.804. The van der Waals surface area contributed by atoms with Gasteiger partial charge in [-0.3, -0.25) is 9.69 Å². The lowest BCUT2D eigenvalue weighted by atomic mass is 10.2. The monoisotopic (exact) mass is 330 g/mol. The van der Waals surface area contributed by atoms with E-state index in [2.05, 4.69) is 20.4 Å². The summed E-state index contributed by atoms with van der Waals surface area (Å²) in [4.78, 5) is 18.4.